The molecule has 1 unspecified atom stereocenters. The highest BCUT2D eigenvalue weighted by molar-refractivity contribution is 5.74. The Bertz CT molecular complexity index is 284. The lowest BCUT2D eigenvalue weighted by atomic mass is 10.3. The van der Waals surface area contributed by atoms with Gasteiger partial charge in [-0.2, -0.15) is 5.10 Å². The number of hydrogen-bond acceptors (Lipinski definition) is 3. The molecule has 0 fully saturated rings. The Balaban J connectivity index is 2.49. The van der Waals surface area contributed by atoms with Gasteiger partial charge in [0.15, 0.2) is 0 Å². The van der Waals surface area contributed by atoms with Crippen LogP contribution in [0.2, 0.25) is 0 Å². The number of rotatable bonds is 3. The maximum atomic E-state index is 11.4. The number of hydrogen-bond donors (Lipinski definition) is 2. The van der Waals surface area contributed by atoms with Crippen molar-refractivity contribution in [2.75, 3.05) is 13.6 Å². The molecule has 1 heterocycles. The predicted octanol–water partition coefficient (Wildman–Crippen LogP) is 0.527. The van der Waals surface area contributed by atoms with Crippen LogP contribution in [-0.2, 0) is 0 Å². The Morgan fingerprint density at radius 1 is 1.79 bits per heavy atom. The Labute approximate surface area is 82.7 Å². The van der Waals surface area contributed by atoms with Gasteiger partial charge in [0.25, 0.3) is 0 Å². The Morgan fingerprint density at radius 2 is 2.50 bits per heavy atom. The van der Waals surface area contributed by atoms with E-state index in [4.69, 9.17) is 0 Å². The third-order valence-corrected chi connectivity index (χ3v) is 2.00. The highest BCUT2D eigenvalue weighted by Gasteiger charge is 2.13. The third-order valence-electron chi connectivity index (χ3n) is 2.00. The van der Waals surface area contributed by atoms with E-state index in [2.05, 4.69) is 20.5 Å². The molecule has 14 heavy (non-hydrogen) atoms. The van der Waals surface area contributed by atoms with Crippen LogP contribution in [-0.4, -0.2) is 39.7 Å². The van der Waals surface area contributed by atoms with Crippen LogP contribution in [0.3, 0.4) is 0 Å². The maximum Gasteiger partial charge on any atom is 0.317 e. The van der Waals surface area contributed by atoms with Crippen molar-refractivity contribution in [2.45, 2.75) is 19.9 Å². The first-order valence-corrected chi connectivity index (χ1v) is 4.52. The van der Waals surface area contributed by atoms with Crippen LogP contribution in [0.4, 0.5) is 4.79 Å². The number of carbonyl (C=O) groups is 1. The summed E-state index contributed by atoms with van der Waals surface area (Å²) in [4.78, 5) is 17.0. The van der Waals surface area contributed by atoms with Crippen LogP contribution in [0.25, 0.3) is 0 Å². The van der Waals surface area contributed by atoms with Crippen LogP contribution in [0, 0.1) is 0 Å². The van der Waals surface area contributed by atoms with Gasteiger partial charge in [0.05, 0.1) is 6.04 Å². The summed E-state index contributed by atoms with van der Waals surface area (Å²) >= 11 is 0. The van der Waals surface area contributed by atoms with Crippen LogP contribution < -0.4 is 5.32 Å². The normalized spacial score (nSPS) is 12.2. The molecule has 0 saturated carbocycles. The lowest BCUT2D eigenvalue weighted by Crippen LogP contribution is -2.38. The molecule has 2 amide bonds. The summed E-state index contributed by atoms with van der Waals surface area (Å²) in [5.74, 6) is 0.655. The van der Waals surface area contributed by atoms with Gasteiger partial charge in [0, 0.05) is 13.6 Å². The Hall–Kier alpha value is -1.59. The lowest BCUT2D eigenvalue weighted by molar-refractivity contribution is 0.207. The summed E-state index contributed by atoms with van der Waals surface area (Å²) in [5.41, 5.74) is 0. The Kier molecular flexibility index (Phi) is 3.44. The smallest absolute Gasteiger partial charge is 0.317 e. The zero-order valence-corrected chi connectivity index (χ0v) is 8.61. The monoisotopic (exact) mass is 197 g/mol. The first-order valence-electron chi connectivity index (χ1n) is 4.52. The van der Waals surface area contributed by atoms with Crippen LogP contribution >= 0.6 is 0 Å². The van der Waals surface area contributed by atoms with E-state index in [0.29, 0.717) is 12.4 Å². The van der Waals surface area contributed by atoms with E-state index in [1.54, 1.807) is 11.9 Å². The fourth-order valence-electron chi connectivity index (χ4n) is 0.931. The maximum absolute atomic E-state index is 11.4. The second kappa shape index (κ2) is 4.59. The van der Waals surface area contributed by atoms with E-state index >= 15 is 0 Å². The van der Waals surface area contributed by atoms with Gasteiger partial charge in [-0.25, -0.2) is 9.78 Å². The van der Waals surface area contributed by atoms with Crippen molar-refractivity contribution >= 4 is 6.03 Å². The second-order valence-corrected chi connectivity index (χ2v) is 3.06. The van der Waals surface area contributed by atoms with Gasteiger partial charge in [0.1, 0.15) is 12.2 Å². The largest absolute Gasteiger partial charge is 0.328 e. The molecule has 0 aliphatic heterocycles. The summed E-state index contributed by atoms with van der Waals surface area (Å²) in [6.45, 7) is 4.44. The highest BCUT2D eigenvalue weighted by atomic mass is 16.2. The van der Waals surface area contributed by atoms with Gasteiger partial charge < -0.3 is 10.2 Å². The van der Waals surface area contributed by atoms with Crippen LogP contribution in [0.1, 0.15) is 25.7 Å². The van der Waals surface area contributed by atoms with Crippen molar-refractivity contribution in [1.29, 1.82) is 0 Å². The van der Waals surface area contributed by atoms with E-state index < -0.39 is 0 Å². The SMILES string of the molecule is CCN(C)C(=O)NC(C)c1ncn[nH]1. The molecule has 1 atom stereocenters. The van der Waals surface area contributed by atoms with E-state index in [1.165, 1.54) is 6.33 Å². The molecule has 0 aliphatic carbocycles. The van der Waals surface area contributed by atoms with Crippen molar-refractivity contribution in [2.24, 2.45) is 0 Å². The molecule has 0 spiro atoms. The lowest BCUT2D eigenvalue weighted by Gasteiger charge is -2.18. The number of urea groups is 1. The molecule has 0 aromatic carbocycles. The van der Waals surface area contributed by atoms with Gasteiger partial charge in [-0.05, 0) is 13.8 Å². The standard InChI is InChI=1S/C8H15N5O/c1-4-13(3)8(14)11-6(2)7-9-5-10-12-7/h5-6H,4H2,1-3H3,(H,11,14)(H,9,10,12). The number of carbonyl (C=O) groups excluding carboxylic acids is 1. The minimum atomic E-state index is -0.154. The zero-order valence-electron chi connectivity index (χ0n) is 8.61. The van der Waals surface area contributed by atoms with Crippen molar-refractivity contribution in [3.63, 3.8) is 0 Å². The zero-order chi connectivity index (χ0) is 10.6. The third kappa shape index (κ3) is 2.45. The molecule has 6 heteroatoms. The summed E-state index contributed by atoms with van der Waals surface area (Å²) in [6.07, 6.45) is 1.42. The van der Waals surface area contributed by atoms with Gasteiger partial charge in [0.2, 0.25) is 0 Å². The van der Waals surface area contributed by atoms with E-state index in [0.717, 1.165) is 0 Å². The molecule has 1 rings (SSSR count). The van der Waals surface area contributed by atoms with Crippen molar-refractivity contribution in [3.8, 4) is 0 Å². The van der Waals surface area contributed by atoms with E-state index in [9.17, 15) is 4.79 Å². The topological polar surface area (TPSA) is 73.9 Å². The fourth-order valence-corrected chi connectivity index (χ4v) is 0.931. The number of nitrogens with zero attached hydrogens (tertiary/aromatic N) is 3. The van der Waals surface area contributed by atoms with Crippen molar-refractivity contribution in [3.05, 3.63) is 12.2 Å². The predicted molar refractivity (Wildman–Crippen MR) is 51.6 cm³/mol. The van der Waals surface area contributed by atoms with Gasteiger partial charge in [-0.3, -0.25) is 5.10 Å². The van der Waals surface area contributed by atoms with Gasteiger partial charge in [-0.15, -0.1) is 0 Å². The van der Waals surface area contributed by atoms with E-state index in [-0.39, 0.29) is 12.1 Å². The average Bonchev–Trinajstić information content (AvgIpc) is 2.69. The highest BCUT2D eigenvalue weighted by Crippen LogP contribution is 2.04. The molecule has 0 radical (unpaired) electrons. The van der Waals surface area contributed by atoms with Crippen molar-refractivity contribution in [1.82, 2.24) is 25.4 Å². The minimum absolute atomic E-state index is 0.114. The number of aromatic nitrogens is 3. The molecule has 1 aromatic heterocycles. The Morgan fingerprint density at radius 3 is 3.00 bits per heavy atom. The summed E-state index contributed by atoms with van der Waals surface area (Å²) in [7, 11) is 1.74. The molecule has 6 nitrogen and oxygen atoms in total. The number of H-pyrrole nitrogens is 1. The molecule has 2 N–H and O–H groups in total. The molecule has 0 aliphatic rings. The molecule has 0 bridgehead atoms. The molecule has 78 valence electrons. The number of nitrogens with one attached hydrogen (secondary N) is 2. The van der Waals surface area contributed by atoms with Crippen LogP contribution in [0.5, 0.6) is 0 Å². The first kappa shape index (κ1) is 10.5. The minimum Gasteiger partial charge on any atom is -0.328 e. The molecule has 1 aromatic rings. The second-order valence-electron chi connectivity index (χ2n) is 3.06. The van der Waals surface area contributed by atoms with Gasteiger partial charge >= 0.3 is 6.03 Å². The molecular formula is C8H15N5O. The summed E-state index contributed by atoms with van der Waals surface area (Å²) in [5, 5.41) is 9.21. The molecule has 0 saturated heterocycles. The number of aromatic amines is 1. The molecular weight excluding hydrogens is 182 g/mol. The van der Waals surface area contributed by atoms with Gasteiger partial charge in [-0.1, -0.05) is 0 Å². The average molecular weight is 197 g/mol. The first-order chi connectivity index (χ1) is 6.65. The van der Waals surface area contributed by atoms with Crippen molar-refractivity contribution < 1.29 is 4.79 Å². The summed E-state index contributed by atoms with van der Waals surface area (Å²) < 4.78 is 0. The number of amides is 2. The van der Waals surface area contributed by atoms with E-state index in [1.807, 2.05) is 13.8 Å². The fraction of sp³-hybridized carbons (Fsp3) is 0.625. The summed E-state index contributed by atoms with van der Waals surface area (Å²) in [6, 6.07) is -0.268. The van der Waals surface area contributed by atoms with Crippen LogP contribution in [0.15, 0.2) is 6.33 Å². The quantitative estimate of drug-likeness (QED) is 0.742.